The van der Waals surface area contributed by atoms with Crippen LogP contribution in [0.1, 0.15) is 6.42 Å². The normalized spacial score (nSPS) is 11.6. The van der Waals surface area contributed by atoms with Crippen LogP contribution in [0.4, 0.5) is 30.4 Å². The Hall–Kier alpha value is -4.12. The van der Waals surface area contributed by atoms with Crippen molar-refractivity contribution in [2.24, 2.45) is 0 Å². The quantitative estimate of drug-likeness (QED) is 0.320. The third kappa shape index (κ3) is 6.18. The lowest BCUT2D eigenvalue weighted by Gasteiger charge is -2.25. The zero-order chi connectivity index (χ0) is 26.6. The van der Waals surface area contributed by atoms with Crippen LogP contribution in [0, 0.1) is 0 Å². The Kier molecular flexibility index (Phi) is 7.63. The first kappa shape index (κ1) is 26.0. The molecule has 37 heavy (non-hydrogen) atoms. The van der Waals surface area contributed by atoms with Crippen molar-refractivity contribution in [1.82, 2.24) is 19.9 Å². The summed E-state index contributed by atoms with van der Waals surface area (Å²) < 4.78 is 45.3. The molecule has 0 aliphatic carbocycles. The number of fused-ring (bicyclic) bond motifs is 1. The van der Waals surface area contributed by atoms with Crippen LogP contribution < -0.4 is 15.0 Å². The van der Waals surface area contributed by atoms with Crippen LogP contribution in [-0.2, 0) is 4.79 Å². The number of anilines is 3. The second-order valence-corrected chi connectivity index (χ2v) is 8.68. The predicted octanol–water partition coefficient (Wildman–Crippen LogP) is 5.22. The lowest BCUT2D eigenvalue weighted by molar-refractivity contribution is -0.170. The summed E-state index contributed by atoms with van der Waals surface area (Å²) in [6, 6.07) is 14.2. The molecule has 0 aliphatic rings. The number of aromatic nitrogens is 3. The molecule has 2 aromatic carbocycles. The number of alkyl halides is 3. The first-order valence-electron chi connectivity index (χ1n) is 11.5. The molecule has 194 valence electrons. The second kappa shape index (κ2) is 10.9. The summed E-state index contributed by atoms with van der Waals surface area (Å²) in [6.45, 7) is 0.439. The van der Waals surface area contributed by atoms with Gasteiger partial charge in [-0.25, -0.2) is 4.98 Å². The number of hydrogen-bond donors (Lipinski definition) is 2. The van der Waals surface area contributed by atoms with Gasteiger partial charge in [-0.2, -0.15) is 13.2 Å². The number of amides is 1. The van der Waals surface area contributed by atoms with E-state index in [9.17, 15) is 18.0 Å². The molecule has 0 unspecified atom stereocenters. The zero-order valence-electron chi connectivity index (χ0n) is 20.6. The molecule has 0 saturated carbocycles. The van der Waals surface area contributed by atoms with Gasteiger partial charge in [-0.1, -0.05) is 18.2 Å². The molecule has 8 nitrogen and oxygen atoms in total. The van der Waals surface area contributed by atoms with E-state index in [4.69, 9.17) is 4.74 Å². The Morgan fingerprint density at radius 1 is 1.08 bits per heavy atom. The number of rotatable bonds is 9. The Balaban J connectivity index is 1.59. The Morgan fingerprint density at radius 2 is 1.86 bits per heavy atom. The fourth-order valence-corrected chi connectivity index (χ4v) is 3.90. The van der Waals surface area contributed by atoms with Crippen LogP contribution >= 0.6 is 0 Å². The number of carbonyl (C=O) groups is 1. The van der Waals surface area contributed by atoms with Crippen molar-refractivity contribution in [2.75, 3.05) is 44.5 Å². The number of methoxy groups -OCH3 is 1. The van der Waals surface area contributed by atoms with Crippen LogP contribution in [0.5, 0.6) is 5.75 Å². The minimum atomic E-state index is -5.00. The highest BCUT2D eigenvalue weighted by atomic mass is 19.4. The number of halogens is 3. The number of hydrogen-bond acceptors (Lipinski definition) is 6. The standard InChI is InChI=1S/C26H27F3N6O2/c1-34(2)11-6-12-35(25(36)26(27,28)29)18-9-10-20(23(14-18)37-3)32-24-16-30-15-22(33-24)21-13-17-7-4-5-8-19(17)31-21/h4-5,7-10,13-16,31H,6,11-12H2,1-3H3,(H,32,33). The molecule has 4 rings (SSSR count). The van der Waals surface area contributed by atoms with Gasteiger partial charge in [0.1, 0.15) is 17.3 Å². The number of ether oxygens (including phenoxy) is 1. The van der Waals surface area contributed by atoms with Crippen molar-refractivity contribution >= 4 is 34.0 Å². The number of aromatic amines is 1. The summed E-state index contributed by atoms with van der Waals surface area (Å²) in [4.78, 5) is 26.9. The Labute approximate surface area is 212 Å². The van der Waals surface area contributed by atoms with Crippen molar-refractivity contribution in [2.45, 2.75) is 12.6 Å². The molecule has 0 fully saturated rings. The predicted molar refractivity (Wildman–Crippen MR) is 137 cm³/mol. The molecule has 4 aromatic rings. The molecule has 0 radical (unpaired) electrons. The lowest BCUT2D eigenvalue weighted by atomic mass is 10.2. The highest BCUT2D eigenvalue weighted by Crippen LogP contribution is 2.34. The fraction of sp³-hybridized carbons (Fsp3) is 0.269. The number of benzene rings is 2. The van der Waals surface area contributed by atoms with Gasteiger partial charge in [-0.3, -0.25) is 9.78 Å². The smallest absolute Gasteiger partial charge is 0.471 e. The van der Waals surface area contributed by atoms with E-state index < -0.39 is 12.1 Å². The molecule has 2 aromatic heterocycles. The summed E-state index contributed by atoms with van der Waals surface area (Å²) >= 11 is 0. The number of nitrogens with zero attached hydrogens (tertiary/aromatic N) is 4. The highest BCUT2D eigenvalue weighted by molar-refractivity contribution is 5.97. The number of H-pyrrole nitrogens is 1. The molecule has 0 saturated heterocycles. The average Bonchev–Trinajstić information content (AvgIpc) is 3.31. The first-order chi connectivity index (χ1) is 17.7. The molecule has 1 amide bonds. The fourth-order valence-electron chi connectivity index (χ4n) is 3.90. The first-order valence-corrected chi connectivity index (χ1v) is 11.5. The van der Waals surface area contributed by atoms with Crippen molar-refractivity contribution in [3.63, 3.8) is 0 Å². The van der Waals surface area contributed by atoms with E-state index in [1.807, 2.05) is 49.3 Å². The van der Waals surface area contributed by atoms with Crippen LogP contribution in [0.2, 0.25) is 0 Å². The van der Waals surface area contributed by atoms with Crippen molar-refractivity contribution in [3.8, 4) is 17.1 Å². The molecule has 0 bridgehead atoms. The van der Waals surface area contributed by atoms with Gasteiger partial charge in [-0.15, -0.1) is 0 Å². The Bertz CT molecular complexity index is 1350. The van der Waals surface area contributed by atoms with Gasteiger partial charge in [0, 0.05) is 29.2 Å². The number of para-hydroxylation sites is 1. The van der Waals surface area contributed by atoms with Crippen molar-refractivity contribution in [1.29, 1.82) is 0 Å². The van der Waals surface area contributed by atoms with Crippen LogP contribution in [-0.4, -0.2) is 66.2 Å². The van der Waals surface area contributed by atoms with E-state index in [0.29, 0.717) is 30.2 Å². The summed E-state index contributed by atoms with van der Waals surface area (Å²) in [5, 5.41) is 4.15. The summed E-state index contributed by atoms with van der Waals surface area (Å²) in [7, 11) is 5.03. The van der Waals surface area contributed by atoms with E-state index in [1.54, 1.807) is 12.3 Å². The minimum absolute atomic E-state index is 0.0846. The van der Waals surface area contributed by atoms with E-state index in [1.165, 1.54) is 25.4 Å². The summed E-state index contributed by atoms with van der Waals surface area (Å²) in [5.74, 6) is -1.26. The minimum Gasteiger partial charge on any atom is -0.494 e. The SMILES string of the molecule is COc1cc(N(CCCN(C)C)C(=O)C(F)(F)F)ccc1Nc1cncc(-c2cc3ccccc3[nH]2)n1. The zero-order valence-corrected chi connectivity index (χ0v) is 20.6. The summed E-state index contributed by atoms with van der Waals surface area (Å²) in [5.41, 5.74) is 2.92. The maximum absolute atomic E-state index is 13.3. The molecule has 0 aliphatic heterocycles. The van der Waals surface area contributed by atoms with E-state index >= 15 is 0 Å². The molecule has 11 heteroatoms. The average molecular weight is 513 g/mol. The lowest BCUT2D eigenvalue weighted by Crippen LogP contribution is -2.42. The Morgan fingerprint density at radius 3 is 2.57 bits per heavy atom. The molecular weight excluding hydrogens is 485 g/mol. The van der Waals surface area contributed by atoms with Gasteiger partial charge >= 0.3 is 12.1 Å². The monoisotopic (exact) mass is 512 g/mol. The maximum atomic E-state index is 13.3. The second-order valence-electron chi connectivity index (χ2n) is 8.68. The molecule has 2 N–H and O–H groups in total. The van der Waals surface area contributed by atoms with E-state index in [0.717, 1.165) is 21.5 Å². The van der Waals surface area contributed by atoms with Crippen molar-refractivity contribution < 1.29 is 22.7 Å². The molecule has 0 spiro atoms. The van der Waals surface area contributed by atoms with Crippen LogP contribution in [0.15, 0.2) is 60.9 Å². The van der Waals surface area contributed by atoms with Gasteiger partial charge < -0.3 is 24.8 Å². The van der Waals surface area contributed by atoms with Gasteiger partial charge in [0.15, 0.2) is 0 Å². The maximum Gasteiger partial charge on any atom is 0.471 e. The van der Waals surface area contributed by atoms with E-state index in [2.05, 4.69) is 20.3 Å². The molecule has 2 heterocycles. The van der Waals surface area contributed by atoms with Gasteiger partial charge in [0.05, 0.1) is 30.9 Å². The third-order valence-corrected chi connectivity index (χ3v) is 5.67. The van der Waals surface area contributed by atoms with Crippen molar-refractivity contribution in [3.05, 3.63) is 60.9 Å². The summed E-state index contributed by atoms with van der Waals surface area (Å²) in [6.07, 6.45) is -1.47. The largest absolute Gasteiger partial charge is 0.494 e. The van der Waals surface area contributed by atoms with Crippen LogP contribution in [0.25, 0.3) is 22.3 Å². The van der Waals surface area contributed by atoms with Gasteiger partial charge in [0.25, 0.3) is 0 Å². The highest BCUT2D eigenvalue weighted by Gasteiger charge is 2.43. The molecular formula is C26H27F3N6O2. The van der Waals surface area contributed by atoms with Gasteiger partial charge in [-0.05, 0) is 51.3 Å². The topological polar surface area (TPSA) is 86.4 Å². The van der Waals surface area contributed by atoms with E-state index in [-0.39, 0.29) is 18.0 Å². The van der Waals surface area contributed by atoms with Gasteiger partial charge in [0.2, 0.25) is 0 Å². The van der Waals surface area contributed by atoms with Crippen LogP contribution in [0.3, 0.4) is 0 Å². The third-order valence-electron chi connectivity index (χ3n) is 5.67. The number of carbonyl (C=O) groups excluding carboxylic acids is 1. The number of nitrogens with one attached hydrogen (secondary N) is 2. The molecule has 0 atom stereocenters.